The molecule has 0 atom stereocenters. The van der Waals surface area contributed by atoms with E-state index in [9.17, 15) is 18.0 Å². The average molecular weight is 276 g/mol. The van der Waals surface area contributed by atoms with Crippen LogP contribution in [0, 0.1) is 0 Å². The number of hydrogen-bond donors (Lipinski definition) is 0. The van der Waals surface area contributed by atoms with Gasteiger partial charge in [0.25, 0.3) is 0 Å². The molecule has 0 radical (unpaired) electrons. The molecule has 1 aliphatic rings. The van der Waals surface area contributed by atoms with E-state index in [0.29, 0.717) is 10.8 Å². The highest BCUT2D eigenvalue weighted by molar-refractivity contribution is 7.90. The van der Waals surface area contributed by atoms with E-state index >= 15 is 0 Å². The van der Waals surface area contributed by atoms with E-state index < -0.39 is 21.8 Å². The number of esters is 2. The maximum Gasteiger partial charge on any atom is 0.346 e. The van der Waals surface area contributed by atoms with Crippen LogP contribution >= 0.6 is 0 Å². The molecular weight excluding hydrogens is 268 g/mol. The Hall–Kier alpha value is -2.21. The van der Waals surface area contributed by atoms with Gasteiger partial charge in [0.2, 0.25) is 0 Å². The highest BCUT2D eigenvalue weighted by Crippen LogP contribution is 2.27. The van der Waals surface area contributed by atoms with Crippen molar-refractivity contribution in [3.05, 3.63) is 41.5 Å². The second-order valence-electron chi connectivity index (χ2n) is 4.36. The lowest BCUT2D eigenvalue weighted by Gasteiger charge is -2.03. The molecule has 0 saturated carbocycles. The lowest BCUT2D eigenvalue weighted by atomic mass is 10.0. The first-order valence-electron chi connectivity index (χ1n) is 5.40. The summed E-state index contributed by atoms with van der Waals surface area (Å²) in [5.41, 5.74) is 0.382. The summed E-state index contributed by atoms with van der Waals surface area (Å²) in [7, 11) is -3.32. The fourth-order valence-electron chi connectivity index (χ4n) is 2.04. The molecule has 5 nitrogen and oxygen atoms in total. The van der Waals surface area contributed by atoms with Crippen LogP contribution in [0.1, 0.15) is 20.7 Å². The van der Waals surface area contributed by atoms with Gasteiger partial charge in [0.1, 0.15) is 0 Å². The SMILES string of the molecule is CS(=O)(=O)c1ccc2cc3c(cc2c1)C(=O)OC3=O. The molecule has 0 amide bonds. The molecule has 1 aliphatic heterocycles. The lowest BCUT2D eigenvalue weighted by Crippen LogP contribution is -1.97. The van der Waals surface area contributed by atoms with Crippen molar-refractivity contribution in [1.29, 1.82) is 0 Å². The van der Waals surface area contributed by atoms with Crippen LogP contribution in [0.2, 0.25) is 0 Å². The van der Waals surface area contributed by atoms with Gasteiger partial charge in [0.15, 0.2) is 9.84 Å². The molecule has 1 heterocycles. The van der Waals surface area contributed by atoms with Gasteiger partial charge < -0.3 is 4.74 Å². The standard InChI is InChI=1S/C13H8O5S/c1-19(16,17)9-3-2-7-5-10-11(6-8(7)4-9)13(15)18-12(10)14/h2-6H,1H3. The van der Waals surface area contributed by atoms with Crippen LogP contribution in [0.25, 0.3) is 10.8 Å². The normalized spacial score (nSPS) is 14.6. The number of carbonyl (C=O) groups is 2. The maximum absolute atomic E-state index is 11.5. The van der Waals surface area contributed by atoms with Crippen molar-refractivity contribution < 1.29 is 22.7 Å². The van der Waals surface area contributed by atoms with Gasteiger partial charge in [-0.2, -0.15) is 0 Å². The fraction of sp³-hybridized carbons (Fsp3) is 0.0769. The van der Waals surface area contributed by atoms with Crippen LogP contribution in [0.4, 0.5) is 0 Å². The van der Waals surface area contributed by atoms with Gasteiger partial charge >= 0.3 is 11.9 Å². The smallest absolute Gasteiger partial charge is 0.346 e. The largest absolute Gasteiger partial charge is 0.386 e. The minimum Gasteiger partial charge on any atom is -0.386 e. The zero-order valence-electron chi connectivity index (χ0n) is 9.84. The zero-order valence-corrected chi connectivity index (χ0v) is 10.7. The van der Waals surface area contributed by atoms with Crippen LogP contribution < -0.4 is 0 Å². The van der Waals surface area contributed by atoms with Crippen LogP contribution in [-0.2, 0) is 14.6 Å². The predicted octanol–water partition coefficient (Wildman–Crippen LogP) is 1.55. The van der Waals surface area contributed by atoms with Crippen LogP contribution in [0.5, 0.6) is 0 Å². The number of fused-ring (bicyclic) bond motifs is 2. The first-order valence-corrected chi connectivity index (χ1v) is 7.30. The molecule has 0 fully saturated rings. The summed E-state index contributed by atoms with van der Waals surface area (Å²) in [5, 5.41) is 1.26. The number of hydrogen-bond acceptors (Lipinski definition) is 5. The van der Waals surface area contributed by atoms with Crippen molar-refractivity contribution in [3.63, 3.8) is 0 Å². The summed E-state index contributed by atoms with van der Waals surface area (Å²) >= 11 is 0. The molecule has 0 aromatic heterocycles. The van der Waals surface area contributed by atoms with E-state index in [4.69, 9.17) is 0 Å². The van der Waals surface area contributed by atoms with Gasteiger partial charge in [0.05, 0.1) is 16.0 Å². The van der Waals surface area contributed by atoms with E-state index in [1.54, 1.807) is 6.07 Å². The Labute approximate surface area is 108 Å². The van der Waals surface area contributed by atoms with Crippen molar-refractivity contribution >= 4 is 32.5 Å². The summed E-state index contributed by atoms with van der Waals surface area (Å²) in [4.78, 5) is 23.0. The quantitative estimate of drug-likeness (QED) is 0.583. The monoisotopic (exact) mass is 276 g/mol. The number of cyclic esters (lactones) is 2. The number of sulfone groups is 1. The third kappa shape index (κ3) is 1.80. The van der Waals surface area contributed by atoms with Gasteiger partial charge in [-0.3, -0.25) is 0 Å². The highest BCUT2D eigenvalue weighted by atomic mass is 32.2. The Morgan fingerprint density at radius 3 is 2.05 bits per heavy atom. The molecule has 3 rings (SSSR count). The average Bonchev–Trinajstić information content (AvgIpc) is 2.60. The summed E-state index contributed by atoms with van der Waals surface area (Å²) in [6.45, 7) is 0. The zero-order chi connectivity index (χ0) is 13.8. The van der Waals surface area contributed by atoms with E-state index in [1.165, 1.54) is 24.3 Å². The van der Waals surface area contributed by atoms with E-state index in [-0.39, 0.29) is 16.0 Å². The third-order valence-corrected chi connectivity index (χ3v) is 4.11. The van der Waals surface area contributed by atoms with E-state index in [2.05, 4.69) is 4.74 Å². The molecule has 0 unspecified atom stereocenters. The van der Waals surface area contributed by atoms with E-state index in [1.807, 2.05) is 0 Å². The maximum atomic E-state index is 11.5. The summed E-state index contributed by atoms with van der Waals surface area (Å²) < 4.78 is 27.5. The van der Waals surface area contributed by atoms with E-state index in [0.717, 1.165) is 6.26 Å². The molecule has 0 N–H and O–H groups in total. The Bertz CT molecular complexity index is 849. The molecule has 96 valence electrons. The van der Waals surface area contributed by atoms with Gasteiger partial charge in [-0.1, -0.05) is 6.07 Å². The second kappa shape index (κ2) is 3.64. The molecule has 6 heteroatoms. The van der Waals surface area contributed by atoms with Crippen molar-refractivity contribution in [2.24, 2.45) is 0 Å². The van der Waals surface area contributed by atoms with Gasteiger partial charge in [-0.25, -0.2) is 18.0 Å². The first-order chi connectivity index (χ1) is 8.86. The number of benzene rings is 2. The number of rotatable bonds is 1. The summed E-state index contributed by atoms with van der Waals surface area (Å²) in [5.74, 6) is -1.37. The molecule has 19 heavy (non-hydrogen) atoms. The molecule has 0 aliphatic carbocycles. The van der Waals surface area contributed by atoms with Crippen molar-refractivity contribution in [2.45, 2.75) is 4.90 Å². The molecule has 0 spiro atoms. The lowest BCUT2D eigenvalue weighted by molar-refractivity contribution is 0.0444. The van der Waals surface area contributed by atoms with Gasteiger partial charge in [-0.15, -0.1) is 0 Å². The number of ether oxygens (including phenoxy) is 1. The van der Waals surface area contributed by atoms with Crippen LogP contribution in [0.15, 0.2) is 35.2 Å². The first kappa shape index (κ1) is 11.9. The molecule has 2 aromatic rings. The molecule has 2 aromatic carbocycles. The highest BCUT2D eigenvalue weighted by Gasteiger charge is 2.29. The van der Waals surface area contributed by atoms with Gasteiger partial charge in [0, 0.05) is 6.26 Å². The Morgan fingerprint density at radius 2 is 1.47 bits per heavy atom. The number of carbonyl (C=O) groups excluding carboxylic acids is 2. The third-order valence-electron chi connectivity index (χ3n) is 3.00. The van der Waals surface area contributed by atoms with Crippen molar-refractivity contribution in [3.8, 4) is 0 Å². The van der Waals surface area contributed by atoms with Crippen molar-refractivity contribution in [2.75, 3.05) is 6.26 Å². The fourth-order valence-corrected chi connectivity index (χ4v) is 2.69. The van der Waals surface area contributed by atoms with Crippen LogP contribution in [0.3, 0.4) is 0 Å². The predicted molar refractivity (Wildman–Crippen MR) is 66.8 cm³/mol. The molecule has 0 saturated heterocycles. The topological polar surface area (TPSA) is 77.5 Å². The summed E-state index contributed by atoms with van der Waals surface area (Å²) in [6, 6.07) is 7.55. The Kier molecular flexibility index (Phi) is 2.27. The van der Waals surface area contributed by atoms with Crippen LogP contribution in [-0.4, -0.2) is 26.6 Å². The molecule has 0 bridgehead atoms. The minimum absolute atomic E-state index is 0.164. The molecular formula is C13H8O5S. The minimum atomic E-state index is -3.32. The van der Waals surface area contributed by atoms with Crippen molar-refractivity contribution in [1.82, 2.24) is 0 Å². The Morgan fingerprint density at radius 1 is 0.895 bits per heavy atom. The Balaban J connectivity index is 2.32. The summed E-state index contributed by atoms with van der Waals surface area (Å²) in [6.07, 6.45) is 1.11. The second-order valence-corrected chi connectivity index (χ2v) is 6.37. The van der Waals surface area contributed by atoms with Gasteiger partial charge in [-0.05, 0) is 35.0 Å².